The van der Waals surface area contributed by atoms with Crippen LogP contribution in [0.2, 0.25) is 0 Å². The van der Waals surface area contributed by atoms with Crippen LogP contribution in [0.15, 0.2) is 17.3 Å². The van der Waals surface area contributed by atoms with E-state index in [1.807, 2.05) is 25.7 Å². The van der Waals surface area contributed by atoms with Gasteiger partial charge in [-0.3, -0.25) is 9.89 Å². The van der Waals surface area contributed by atoms with Gasteiger partial charge in [0.15, 0.2) is 0 Å². The lowest BCUT2D eigenvalue weighted by molar-refractivity contribution is -0.131. The molecule has 0 saturated carbocycles. The van der Waals surface area contributed by atoms with Gasteiger partial charge in [0.2, 0.25) is 15.9 Å². The van der Waals surface area contributed by atoms with Crippen LogP contribution >= 0.6 is 0 Å². The van der Waals surface area contributed by atoms with Crippen LogP contribution in [-0.2, 0) is 14.8 Å². The van der Waals surface area contributed by atoms with E-state index in [0.29, 0.717) is 19.5 Å². The van der Waals surface area contributed by atoms with Crippen molar-refractivity contribution in [3.8, 4) is 0 Å². The van der Waals surface area contributed by atoms with Gasteiger partial charge in [-0.05, 0) is 26.7 Å². The Labute approximate surface area is 125 Å². The minimum absolute atomic E-state index is 0.0170. The summed E-state index contributed by atoms with van der Waals surface area (Å²) in [5.41, 5.74) is -0.228. The van der Waals surface area contributed by atoms with E-state index >= 15 is 0 Å². The second-order valence-corrected chi connectivity index (χ2v) is 8.51. The van der Waals surface area contributed by atoms with Crippen molar-refractivity contribution in [3.05, 3.63) is 12.4 Å². The van der Waals surface area contributed by atoms with E-state index in [0.717, 1.165) is 0 Å². The van der Waals surface area contributed by atoms with Crippen molar-refractivity contribution in [2.75, 3.05) is 20.1 Å². The van der Waals surface area contributed by atoms with Gasteiger partial charge in [0.1, 0.15) is 4.90 Å². The normalized spacial score (nSPS) is 20.5. The molecule has 1 N–H and O–H groups in total. The Morgan fingerprint density at radius 2 is 2.14 bits per heavy atom. The number of aromatic nitrogens is 2. The molecule has 118 valence electrons. The van der Waals surface area contributed by atoms with Crippen LogP contribution in [0.3, 0.4) is 0 Å². The second-order valence-electron chi connectivity index (χ2n) is 6.46. The lowest BCUT2D eigenvalue weighted by Crippen LogP contribution is -2.43. The summed E-state index contributed by atoms with van der Waals surface area (Å²) in [5, 5.41) is 6.17. The van der Waals surface area contributed by atoms with Crippen molar-refractivity contribution in [2.45, 2.75) is 37.6 Å². The number of aromatic amines is 1. The number of likely N-dealkylation sites (tertiary alicyclic amines) is 1. The predicted octanol–water partition coefficient (Wildman–Crippen LogP) is 0.677. The van der Waals surface area contributed by atoms with Gasteiger partial charge in [0, 0.05) is 38.3 Å². The highest BCUT2D eigenvalue weighted by molar-refractivity contribution is 7.89. The molecule has 1 aromatic rings. The summed E-state index contributed by atoms with van der Waals surface area (Å²) in [7, 11) is -2.01. The highest BCUT2D eigenvalue weighted by atomic mass is 32.2. The monoisotopic (exact) mass is 314 g/mol. The van der Waals surface area contributed by atoms with Crippen LogP contribution in [0.4, 0.5) is 0 Å². The fourth-order valence-electron chi connectivity index (χ4n) is 2.57. The average Bonchev–Trinajstić information content (AvgIpc) is 2.97. The zero-order chi connectivity index (χ0) is 15.8. The smallest absolute Gasteiger partial charge is 0.245 e. The van der Waals surface area contributed by atoms with Crippen molar-refractivity contribution >= 4 is 15.9 Å². The summed E-state index contributed by atoms with van der Waals surface area (Å²) >= 11 is 0. The van der Waals surface area contributed by atoms with Crippen LogP contribution in [0.5, 0.6) is 0 Å². The highest BCUT2D eigenvalue weighted by Gasteiger charge is 2.37. The molecule has 0 aromatic carbocycles. The van der Waals surface area contributed by atoms with Gasteiger partial charge in [-0.1, -0.05) is 0 Å². The Morgan fingerprint density at radius 1 is 1.48 bits per heavy atom. The van der Waals surface area contributed by atoms with E-state index < -0.39 is 10.0 Å². The Hall–Kier alpha value is -1.41. The Kier molecular flexibility index (Phi) is 4.12. The molecule has 2 rings (SSSR count). The molecule has 0 aliphatic carbocycles. The van der Waals surface area contributed by atoms with E-state index in [4.69, 9.17) is 0 Å². The second kappa shape index (κ2) is 5.42. The molecule has 1 fully saturated rings. The summed E-state index contributed by atoms with van der Waals surface area (Å²) in [6.45, 7) is 6.87. The average molecular weight is 314 g/mol. The van der Waals surface area contributed by atoms with Crippen LogP contribution in [0, 0.1) is 5.92 Å². The largest absolute Gasteiger partial charge is 0.338 e. The maximum Gasteiger partial charge on any atom is 0.245 e. The van der Waals surface area contributed by atoms with Crippen LogP contribution < -0.4 is 0 Å². The third-order valence-electron chi connectivity index (χ3n) is 3.71. The molecule has 1 aromatic heterocycles. The molecular weight excluding hydrogens is 292 g/mol. The maximum absolute atomic E-state index is 12.3. The lowest BCUT2D eigenvalue weighted by atomic mass is 10.1. The molecule has 0 radical (unpaired) electrons. The first kappa shape index (κ1) is 16.0. The summed E-state index contributed by atoms with van der Waals surface area (Å²) in [6, 6.07) is 0. The standard InChI is InChI=1S/C13H22N4O3S/c1-13(2,3)17-9-10(5-12(17)18)8-16(4)21(19,20)11-6-14-15-7-11/h6-7,10H,5,8-9H2,1-4H3,(H,14,15)/t10-/m0/s1. The SMILES string of the molecule is CN(C[C@@H]1CC(=O)N(C(C)(C)C)C1)S(=O)(=O)c1cn[nH]c1. The van der Waals surface area contributed by atoms with Crippen molar-refractivity contribution in [1.29, 1.82) is 0 Å². The first-order valence-corrected chi connectivity index (χ1v) is 8.32. The van der Waals surface area contributed by atoms with E-state index in [9.17, 15) is 13.2 Å². The lowest BCUT2D eigenvalue weighted by Gasteiger charge is -2.32. The Bertz CT molecular complexity index is 604. The number of carbonyl (C=O) groups excluding carboxylic acids is 1. The molecule has 0 spiro atoms. The zero-order valence-corrected chi connectivity index (χ0v) is 13.6. The third kappa shape index (κ3) is 3.26. The minimum Gasteiger partial charge on any atom is -0.338 e. The summed E-state index contributed by atoms with van der Waals surface area (Å²) < 4.78 is 25.9. The van der Waals surface area contributed by atoms with Gasteiger partial charge in [-0.15, -0.1) is 0 Å². The molecule has 1 aliphatic heterocycles. The van der Waals surface area contributed by atoms with Gasteiger partial charge >= 0.3 is 0 Å². The molecule has 8 heteroatoms. The number of nitrogens with one attached hydrogen (secondary N) is 1. The first-order valence-electron chi connectivity index (χ1n) is 6.88. The fourth-order valence-corrected chi connectivity index (χ4v) is 3.73. The third-order valence-corrected chi connectivity index (χ3v) is 5.50. The zero-order valence-electron chi connectivity index (χ0n) is 12.8. The number of sulfonamides is 1. The van der Waals surface area contributed by atoms with Gasteiger partial charge in [0.05, 0.1) is 6.20 Å². The number of amides is 1. The predicted molar refractivity (Wildman–Crippen MR) is 78.0 cm³/mol. The maximum atomic E-state index is 12.3. The first-order chi connectivity index (χ1) is 9.62. The summed E-state index contributed by atoms with van der Waals surface area (Å²) in [5.74, 6) is 0.102. The number of H-pyrrole nitrogens is 1. The summed E-state index contributed by atoms with van der Waals surface area (Å²) in [4.78, 5) is 14.0. The Morgan fingerprint density at radius 3 is 2.62 bits per heavy atom. The van der Waals surface area contributed by atoms with E-state index in [1.54, 1.807) is 0 Å². The molecule has 0 unspecified atom stereocenters. The van der Waals surface area contributed by atoms with Crippen LogP contribution in [0.25, 0.3) is 0 Å². The fraction of sp³-hybridized carbons (Fsp3) is 0.692. The topological polar surface area (TPSA) is 86.4 Å². The number of nitrogens with zero attached hydrogens (tertiary/aromatic N) is 3. The number of hydrogen-bond donors (Lipinski definition) is 1. The molecule has 1 aliphatic rings. The number of rotatable bonds is 4. The van der Waals surface area contributed by atoms with Crippen molar-refractivity contribution in [3.63, 3.8) is 0 Å². The molecule has 1 saturated heterocycles. The minimum atomic E-state index is -3.54. The van der Waals surface area contributed by atoms with E-state index in [-0.39, 0.29) is 22.3 Å². The number of hydrogen-bond acceptors (Lipinski definition) is 4. The quantitative estimate of drug-likeness (QED) is 0.885. The van der Waals surface area contributed by atoms with Gasteiger partial charge in [-0.2, -0.15) is 5.10 Å². The molecule has 1 atom stereocenters. The van der Waals surface area contributed by atoms with Crippen LogP contribution in [0.1, 0.15) is 27.2 Å². The molecule has 7 nitrogen and oxygen atoms in total. The van der Waals surface area contributed by atoms with Crippen LogP contribution in [-0.4, -0.2) is 59.4 Å². The molecule has 2 heterocycles. The molecule has 1 amide bonds. The Balaban J connectivity index is 2.05. The van der Waals surface area contributed by atoms with Crippen molar-refractivity contribution < 1.29 is 13.2 Å². The van der Waals surface area contributed by atoms with Gasteiger partial charge in [-0.25, -0.2) is 12.7 Å². The summed E-state index contributed by atoms with van der Waals surface area (Å²) in [6.07, 6.45) is 3.03. The van der Waals surface area contributed by atoms with E-state index in [2.05, 4.69) is 10.2 Å². The molecule has 0 bridgehead atoms. The molecule has 21 heavy (non-hydrogen) atoms. The number of carbonyl (C=O) groups is 1. The van der Waals surface area contributed by atoms with Gasteiger partial charge < -0.3 is 4.90 Å². The van der Waals surface area contributed by atoms with Gasteiger partial charge in [0.25, 0.3) is 0 Å². The van der Waals surface area contributed by atoms with Crippen molar-refractivity contribution in [2.24, 2.45) is 5.92 Å². The van der Waals surface area contributed by atoms with E-state index in [1.165, 1.54) is 23.7 Å². The van der Waals surface area contributed by atoms with Crippen molar-refractivity contribution in [1.82, 2.24) is 19.4 Å². The molecular formula is C13H22N4O3S. The highest BCUT2D eigenvalue weighted by Crippen LogP contribution is 2.27.